The molecule has 3 heteroatoms. The van der Waals surface area contributed by atoms with Gasteiger partial charge in [0.05, 0.1) is 0 Å². The molecule has 2 rings (SSSR count). The first kappa shape index (κ1) is 13.9. The second-order valence-corrected chi connectivity index (χ2v) is 6.29. The number of nitrogens with zero attached hydrogens (tertiary/aromatic N) is 1. The lowest BCUT2D eigenvalue weighted by atomic mass is 10.1. The number of benzene rings is 1. The molecule has 1 aromatic carbocycles. The Morgan fingerprint density at radius 2 is 1.89 bits per heavy atom. The molecule has 1 heterocycles. The van der Waals surface area contributed by atoms with Gasteiger partial charge in [0.2, 0.25) is 0 Å². The van der Waals surface area contributed by atoms with Gasteiger partial charge < -0.3 is 10.2 Å². The number of hydrogen-bond acceptors (Lipinski definition) is 3. The molecule has 0 aromatic heterocycles. The average Bonchev–Trinajstić information content (AvgIpc) is 2.42. The maximum atomic E-state index is 3.42. The SMILES string of the molecule is Cc1ccc(SCCN(C)C2CCNCC2)cc1. The van der Waals surface area contributed by atoms with Gasteiger partial charge in [-0.3, -0.25) is 0 Å². The Bertz CT molecular complexity index is 344. The number of aryl methyl sites for hydroxylation is 1. The van der Waals surface area contributed by atoms with Crippen LogP contribution in [-0.4, -0.2) is 43.4 Å². The van der Waals surface area contributed by atoms with Crippen molar-refractivity contribution in [3.8, 4) is 0 Å². The Morgan fingerprint density at radius 1 is 1.22 bits per heavy atom. The minimum atomic E-state index is 0.782. The largest absolute Gasteiger partial charge is 0.317 e. The lowest BCUT2D eigenvalue weighted by Crippen LogP contribution is -2.41. The van der Waals surface area contributed by atoms with Crippen molar-refractivity contribution in [2.75, 3.05) is 32.4 Å². The lowest BCUT2D eigenvalue weighted by Gasteiger charge is -2.31. The Hall–Kier alpha value is -0.510. The van der Waals surface area contributed by atoms with Crippen molar-refractivity contribution in [3.05, 3.63) is 29.8 Å². The van der Waals surface area contributed by atoms with Crippen molar-refractivity contribution < 1.29 is 0 Å². The third-order valence-corrected chi connectivity index (χ3v) is 4.66. The summed E-state index contributed by atoms with van der Waals surface area (Å²) in [5.41, 5.74) is 1.34. The minimum absolute atomic E-state index is 0.782. The van der Waals surface area contributed by atoms with E-state index < -0.39 is 0 Å². The summed E-state index contributed by atoms with van der Waals surface area (Å²) in [5.74, 6) is 1.18. The summed E-state index contributed by atoms with van der Waals surface area (Å²) in [6.45, 7) is 5.68. The normalized spacial score (nSPS) is 17.3. The minimum Gasteiger partial charge on any atom is -0.317 e. The summed E-state index contributed by atoms with van der Waals surface area (Å²) in [6, 6.07) is 9.62. The van der Waals surface area contributed by atoms with E-state index in [1.165, 1.54) is 48.7 Å². The van der Waals surface area contributed by atoms with Gasteiger partial charge in [-0.25, -0.2) is 0 Å². The highest BCUT2D eigenvalue weighted by Gasteiger charge is 2.16. The monoisotopic (exact) mass is 264 g/mol. The summed E-state index contributed by atoms with van der Waals surface area (Å²) >= 11 is 1.96. The van der Waals surface area contributed by atoms with Gasteiger partial charge >= 0.3 is 0 Å². The molecule has 1 aromatic rings. The van der Waals surface area contributed by atoms with Gasteiger partial charge in [-0.2, -0.15) is 0 Å². The number of nitrogens with one attached hydrogen (secondary N) is 1. The van der Waals surface area contributed by atoms with Crippen LogP contribution in [0.25, 0.3) is 0 Å². The average molecular weight is 264 g/mol. The highest BCUT2D eigenvalue weighted by atomic mass is 32.2. The fraction of sp³-hybridized carbons (Fsp3) is 0.600. The van der Waals surface area contributed by atoms with E-state index in [-0.39, 0.29) is 0 Å². The fourth-order valence-electron chi connectivity index (χ4n) is 2.37. The molecule has 0 amide bonds. The standard InChI is InChI=1S/C15H24N2S/c1-13-3-5-15(6-4-13)18-12-11-17(2)14-7-9-16-10-8-14/h3-6,14,16H,7-12H2,1-2H3. The molecule has 0 aliphatic carbocycles. The Kier molecular flexibility index (Phi) is 5.54. The summed E-state index contributed by atoms with van der Waals surface area (Å²) in [5, 5.41) is 3.42. The van der Waals surface area contributed by atoms with Crippen LogP contribution in [0.1, 0.15) is 18.4 Å². The molecule has 0 saturated carbocycles. The first-order valence-electron chi connectivity index (χ1n) is 6.86. The lowest BCUT2D eigenvalue weighted by molar-refractivity contribution is 0.210. The van der Waals surface area contributed by atoms with Crippen LogP contribution in [0.4, 0.5) is 0 Å². The topological polar surface area (TPSA) is 15.3 Å². The van der Waals surface area contributed by atoms with Crippen LogP contribution in [0.3, 0.4) is 0 Å². The van der Waals surface area contributed by atoms with Gasteiger partial charge in [0.15, 0.2) is 0 Å². The summed E-state index contributed by atoms with van der Waals surface area (Å²) in [6.07, 6.45) is 2.59. The second kappa shape index (κ2) is 7.17. The molecule has 100 valence electrons. The van der Waals surface area contributed by atoms with Crippen LogP contribution in [0.2, 0.25) is 0 Å². The zero-order valence-electron chi connectivity index (χ0n) is 11.5. The number of hydrogen-bond donors (Lipinski definition) is 1. The molecule has 1 aliphatic rings. The quantitative estimate of drug-likeness (QED) is 0.823. The molecule has 0 unspecified atom stereocenters. The number of piperidine rings is 1. The molecular weight excluding hydrogens is 240 g/mol. The van der Waals surface area contributed by atoms with Gasteiger partial charge in [0, 0.05) is 23.2 Å². The van der Waals surface area contributed by atoms with Crippen molar-refractivity contribution in [2.24, 2.45) is 0 Å². The third-order valence-electron chi connectivity index (χ3n) is 3.67. The van der Waals surface area contributed by atoms with Gasteiger partial charge in [-0.15, -0.1) is 11.8 Å². The van der Waals surface area contributed by atoms with E-state index in [1.807, 2.05) is 11.8 Å². The number of thioether (sulfide) groups is 1. The zero-order valence-corrected chi connectivity index (χ0v) is 12.3. The molecular formula is C15H24N2S. The molecule has 1 fully saturated rings. The second-order valence-electron chi connectivity index (χ2n) is 5.12. The van der Waals surface area contributed by atoms with E-state index in [0.29, 0.717) is 0 Å². The Balaban J connectivity index is 1.69. The molecule has 1 N–H and O–H groups in total. The van der Waals surface area contributed by atoms with E-state index in [4.69, 9.17) is 0 Å². The van der Waals surface area contributed by atoms with E-state index >= 15 is 0 Å². The van der Waals surface area contributed by atoms with Crippen molar-refractivity contribution in [1.82, 2.24) is 10.2 Å². The first-order valence-corrected chi connectivity index (χ1v) is 7.85. The first-order chi connectivity index (χ1) is 8.75. The van der Waals surface area contributed by atoms with Crippen LogP contribution in [0.5, 0.6) is 0 Å². The van der Waals surface area contributed by atoms with Gasteiger partial charge in [0.25, 0.3) is 0 Å². The van der Waals surface area contributed by atoms with E-state index in [2.05, 4.69) is 48.5 Å². The smallest absolute Gasteiger partial charge is 0.0117 e. The number of rotatable bonds is 5. The van der Waals surface area contributed by atoms with Crippen LogP contribution in [0, 0.1) is 6.92 Å². The van der Waals surface area contributed by atoms with Crippen molar-refractivity contribution in [2.45, 2.75) is 30.7 Å². The van der Waals surface area contributed by atoms with Crippen molar-refractivity contribution in [3.63, 3.8) is 0 Å². The van der Waals surface area contributed by atoms with Crippen LogP contribution in [0.15, 0.2) is 29.2 Å². The van der Waals surface area contributed by atoms with E-state index in [9.17, 15) is 0 Å². The molecule has 0 atom stereocenters. The van der Waals surface area contributed by atoms with E-state index in [0.717, 1.165) is 6.04 Å². The van der Waals surface area contributed by atoms with Crippen molar-refractivity contribution in [1.29, 1.82) is 0 Å². The highest BCUT2D eigenvalue weighted by molar-refractivity contribution is 7.99. The fourth-order valence-corrected chi connectivity index (χ4v) is 3.32. The Labute approximate surface area is 115 Å². The molecule has 1 aliphatic heterocycles. The molecule has 1 saturated heterocycles. The summed E-state index contributed by atoms with van der Waals surface area (Å²) in [4.78, 5) is 3.92. The van der Waals surface area contributed by atoms with Crippen molar-refractivity contribution >= 4 is 11.8 Å². The molecule has 2 nitrogen and oxygen atoms in total. The maximum absolute atomic E-state index is 3.42. The van der Waals surface area contributed by atoms with E-state index in [1.54, 1.807) is 0 Å². The van der Waals surface area contributed by atoms with Crippen LogP contribution < -0.4 is 5.32 Å². The van der Waals surface area contributed by atoms with Gasteiger partial charge in [0.1, 0.15) is 0 Å². The molecule has 0 spiro atoms. The molecule has 0 bridgehead atoms. The van der Waals surface area contributed by atoms with Crippen LogP contribution >= 0.6 is 11.8 Å². The predicted octanol–water partition coefficient (Wildman–Crippen LogP) is 2.77. The summed E-state index contributed by atoms with van der Waals surface area (Å²) in [7, 11) is 2.27. The predicted molar refractivity (Wildman–Crippen MR) is 80.4 cm³/mol. The Morgan fingerprint density at radius 3 is 2.56 bits per heavy atom. The van der Waals surface area contributed by atoms with Crippen LogP contribution in [-0.2, 0) is 0 Å². The maximum Gasteiger partial charge on any atom is 0.0117 e. The third kappa shape index (κ3) is 4.30. The van der Waals surface area contributed by atoms with Gasteiger partial charge in [-0.1, -0.05) is 17.7 Å². The zero-order chi connectivity index (χ0) is 12.8. The van der Waals surface area contributed by atoms with Gasteiger partial charge in [-0.05, 0) is 52.0 Å². The molecule has 18 heavy (non-hydrogen) atoms. The highest BCUT2D eigenvalue weighted by Crippen LogP contribution is 2.19. The molecule has 0 radical (unpaired) electrons. The summed E-state index contributed by atoms with van der Waals surface area (Å²) < 4.78 is 0.